The molecule has 2 rings (SSSR count). The maximum atomic E-state index is 10.3. The maximum absolute atomic E-state index is 10.3. The lowest BCUT2D eigenvalue weighted by Crippen LogP contribution is -2.52. The van der Waals surface area contributed by atoms with E-state index in [2.05, 4.69) is 6.92 Å². The molecule has 190 valence electrons. The van der Waals surface area contributed by atoms with Gasteiger partial charge in [-0.3, -0.25) is 4.79 Å². The van der Waals surface area contributed by atoms with Crippen LogP contribution in [0, 0.1) is 0 Å². The molecule has 3 atom stereocenters. The zero-order valence-electron chi connectivity index (χ0n) is 19.9. The quantitative estimate of drug-likeness (QED) is 0.257. The minimum Gasteiger partial charge on any atom is -0.481 e. The lowest BCUT2D eigenvalue weighted by Gasteiger charge is -2.32. The van der Waals surface area contributed by atoms with Crippen LogP contribution < -0.4 is 0 Å². The highest BCUT2D eigenvalue weighted by atomic mass is 16.8. The summed E-state index contributed by atoms with van der Waals surface area (Å²) >= 11 is 0. The Labute approximate surface area is 193 Å². The first-order chi connectivity index (χ1) is 15.5. The first-order valence-electron chi connectivity index (χ1n) is 12.5. The Morgan fingerprint density at radius 1 is 0.844 bits per heavy atom. The van der Waals surface area contributed by atoms with Crippen LogP contribution in [0.2, 0.25) is 0 Å². The summed E-state index contributed by atoms with van der Waals surface area (Å²) in [5.74, 6) is -1.96. The van der Waals surface area contributed by atoms with Crippen molar-refractivity contribution < 1.29 is 39.4 Å². The third-order valence-electron chi connectivity index (χ3n) is 6.08. The Morgan fingerprint density at radius 2 is 1.31 bits per heavy atom. The molecule has 2 heterocycles. The van der Waals surface area contributed by atoms with Crippen molar-refractivity contribution in [3.63, 3.8) is 0 Å². The summed E-state index contributed by atoms with van der Waals surface area (Å²) in [7, 11) is 0. The molecule has 0 aromatic rings. The number of unbranched alkanes of at least 4 members (excludes halogenated alkanes) is 12. The minimum absolute atomic E-state index is 0.0281. The van der Waals surface area contributed by atoms with Gasteiger partial charge in [0.2, 0.25) is 5.79 Å². The topological polar surface area (TPSA) is 126 Å². The second kappa shape index (κ2) is 17.7. The largest absolute Gasteiger partial charge is 0.481 e. The molecule has 4 N–H and O–H groups in total. The van der Waals surface area contributed by atoms with Gasteiger partial charge in [0.25, 0.3) is 0 Å². The predicted octanol–water partition coefficient (Wildman–Crippen LogP) is 3.39. The van der Waals surface area contributed by atoms with E-state index in [1.54, 1.807) is 0 Å². The average Bonchev–Trinajstić information content (AvgIpc) is 3.39. The second-order valence-electron chi connectivity index (χ2n) is 8.87. The first kappa shape index (κ1) is 29.3. The zero-order chi connectivity index (χ0) is 23.7. The average molecular weight is 463 g/mol. The van der Waals surface area contributed by atoms with E-state index in [0.29, 0.717) is 19.6 Å². The van der Waals surface area contributed by atoms with E-state index in [0.717, 1.165) is 12.8 Å². The summed E-state index contributed by atoms with van der Waals surface area (Å²) in [5, 5.41) is 36.5. The standard InChI is InChI=1S/C16H32O2.C8H14O6/c1-2-3-4-5-6-7-8-9-10-11-12-13-14-15-16(17)18;9-4-8(13-1-2-14-8)7-6(11)5(10)3-12-7/h2-15H2,1H3,(H,17,18);5-7,9-11H,1-4H2/t;5-,6+,7-/m.0/s1. The van der Waals surface area contributed by atoms with Crippen molar-refractivity contribution in [3.8, 4) is 0 Å². The van der Waals surface area contributed by atoms with Crippen molar-refractivity contribution in [2.75, 3.05) is 26.4 Å². The Balaban J connectivity index is 0.000000328. The third-order valence-corrected chi connectivity index (χ3v) is 6.08. The van der Waals surface area contributed by atoms with Gasteiger partial charge in [0.1, 0.15) is 24.9 Å². The molecular weight excluding hydrogens is 416 g/mol. The molecule has 2 saturated heterocycles. The predicted molar refractivity (Wildman–Crippen MR) is 121 cm³/mol. The number of aliphatic hydroxyl groups is 3. The number of rotatable bonds is 16. The van der Waals surface area contributed by atoms with Gasteiger partial charge in [-0.05, 0) is 6.42 Å². The molecule has 0 amide bonds. The smallest absolute Gasteiger partial charge is 0.303 e. The summed E-state index contributed by atoms with van der Waals surface area (Å²) in [6, 6.07) is 0. The van der Waals surface area contributed by atoms with E-state index in [4.69, 9.17) is 24.4 Å². The molecule has 0 radical (unpaired) electrons. The number of carboxylic acids is 1. The summed E-state index contributed by atoms with van der Waals surface area (Å²) in [5.41, 5.74) is 0. The fraction of sp³-hybridized carbons (Fsp3) is 0.958. The van der Waals surface area contributed by atoms with Gasteiger partial charge in [0.05, 0.1) is 19.8 Å². The van der Waals surface area contributed by atoms with Crippen molar-refractivity contribution in [1.82, 2.24) is 0 Å². The molecule has 2 aliphatic rings. The van der Waals surface area contributed by atoms with E-state index in [9.17, 15) is 15.0 Å². The molecule has 0 aromatic carbocycles. The van der Waals surface area contributed by atoms with Crippen LogP contribution in [0.1, 0.15) is 96.8 Å². The molecule has 2 aliphatic heterocycles. The van der Waals surface area contributed by atoms with Crippen LogP contribution in [-0.2, 0) is 19.0 Å². The molecule has 2 fully saturated rings. The monoisotopic (exact) mass is 462 g/mol. The molecule has 0 saturated carbocycles. The fourth-order valence-corrected chi connectivity index (χ4v) is 4.10. The van der Waals surface area contributed by atoms with Crippen LogP contribution in [0.4, 0.5) is 0 Å². The Kier molecular flexibility index (Phi) is 16.2. The molecule has 0 aliphatic carbocycles. The van der Waals surface area contributed by atoms with Gasteiger partial charge in [-0.1, -0.05) is 84.0 Å². The Bertz CT molecular complexity index is 467. The van der Waals surface area contributed by atoms with Gasteiger partial charge in [0, 0.05) is 6.42 Å². The van der Waals surface area contributed by atoms with E-state index in [1.165, 1.54) is 70.6 Å². The van der Waals surface area contributed by atoms with Crippen molar-refractivity contribution >= 4 is 5.97 Å². The number of hydrogen-bond donors (Lipinski definition) is 4. The van der Waals surface area contributed by atoms with E-state index in [-0.39, 0.29) is 6.61 Å². The van der Waals surface area contributed by atoms with Gasteiger partial charge in [-0.15, -0.1) is 0 Å². The zero-order valence-corrected chi connectivity index (χ0v) is 19.9. The number of aliphatic hydroxyl groups excluding tert-OH is 3. The van der Waals surface area contributed by atoms with Crippen LogP contribution in [0.3, 0.4) is 0 Å². The molecule has 8 heteroatoms. The highest BCUT2D eigenvalue weighted by Gasteiger charge is 2.53. The summed E-state index contributed by atoms with van der Waals surface area (Å²) in [4.78, 5) is 10.3. The molecule has 0 spiro atoms. The van der Waals surface area contributed by atoms with E-state index in [1.807, 2.05) is 0 Å². The van der Waals surface area contributed by atoms with Gasteiger partial charge >= 0.3 is 5.97 Å². The van der Waals surface area contributed by atoms with Gasteiger partial charge in [0.15, 0.2) is 0 Å². The Hall–Kier alpha value is -0.770. The second-order valence-corrected chi connectivity index (χ2v) is 8.87. The first-order valence-corrected chi connectivity index (χ1v) is 12.5. The SMILES string of the molecule is CCCCCCCCCCCCCCCC(=O)O.OCC1([C@H]2OC[C@H](O)[C@H]2O)OCCO1. The van der Waals surface area contributed by atoms with Crippen molar-refractivity contribution in [3.05, 3.63) is 0 Å². The highest BCUT2D eigenvalue weighted by Crippen LogP contribution is 2.31. The minimum atomic E-state index is -1.31. The fourth-order valence-electron chi connectivity index (χ4n) is 4.10. The molecule has 32 heavy (non-hydrogen) atoms. The van der Waals surface area contributed by atoms with Crippen molar-refractivity contribution in [1.29, 1.82) is 0 Å². The summed E-state index contributed by atoms with van der Waals surface area (Å²) in [6.07, 6.45) is 14.4. The number of carbonyl (C=O) groups is 1. The number of carboxylic acid groups (broad SMARTS) is 1. The molecule has 0 aromatic heterocycles. The van der Waals surface area contributed by atoms with Crippen LogP contribution in [0.25, 0.3) is 0 Å². The lowest BCUT2D eigenvalue weighted by molar-refractivity contribution is -0.254. The van der Waals surface area contributed by atoms with E-state index < -0.39 is 36.7 Å². The van der Waals surface area contributed by atoms with Crippen LogP contribution >= 0.6 is 0 Å². The van der Waals surface area contributed by atoms with Crippen molar-refractivity contribution in [2.45, 2.75) is 121 Å². The molecule has 8 nitrogen and oxygen atoms in total. The number of ether oxygens (including phenoxy) is 3. The Morgan fingerprint density at radius 3 is 1.69 bits per heavy atom. The third kappa shape index (κ3) is 11.4. The lowest BCUT2D eigenvalue weighted by atomic mass is 10.0. The number of hydrogen-bond acceptors (Lipinski definition) is 7. The van der Waals surface area contributed by atoms with Gasteiger partial charge in [-0.25, -0.2) is 0 Å². The van der Waals surface area contributed by atoms with Crippen molar-refractivity contribution in [2.24, 2.45) is 0 Å². The molecule has 0 unspecified atom stereocenters. The molecule has 0 bridgehead atoms. The summed E-state index contributed by atoms with van der Waals surface area (Å²) < 4.78 is 15.6. The maximum Gasteiger partial charge on any atom is 0.303 e. The normalized spacial score (nSPS) is 24.3. The van der Waals surface area contributed by atoms with E-state index >= 15 is 0 Å². The van der Waals surface area contributed by atoms with Gasteiger partial charge < -0.3 is 34.6 Å². The summed E-state index contributed by atoms with van der Waals surface area (Å²) in [6.45, 7) is 2.59. The molecular formula is C24H46O8. The highest BCUT2D eigenvalue weighted by molar-refractivity contribution is 5.66. The van der Waals surface area contributed by atoms with Crippen LogP contribution in [0.5, 0.6) is 0 Å². The van der Waals surface area contributed by atoms with Crippen LogP contribution in [-0.4, -0.2) is 76.9 Å². The van der Waals surface area contributed by atoms with Gasteiger partial charge in [-0.2, -0.15) is 0 Å². The number of aliphatic carboxylic acids is 1. The van der Waals surface area contributed by atoms with Crippen LogP contribution in [0.15, 0.2) is 0 Å².